The molecule has 146 valence electrons. The highest BCUT2D eigenvalue weighted by atomic mass is 16.6. The van der Waals surface area contributed by atoms with Crippen molar-refractivity contribution in [2.45, 2.75) is 46.6 Å². The van der Waals surface area contributed by atoms with Gasteiger partial charge in [0.15, 0.2) is 5.96 Å². The van der Waals surface area contributed by atoms with Gasteiger partial charge in [0.2, 0.25) is 0 Å². The lowest BCUT2D eigenvalue weighted by Crippen LogP contribution is -2.50. The summed E-state index contributed by atoms with van der Waals surface area (Å²) in [5.74, 6) is 0.865. The predicted molar refractivity (Wildman–Crippen MR) is 103 cm³/mol. The minimum atomic E-state index is -0.202. The van der Waals surface area contributed by atoms with Gasteiger partial charge in [-0.3, -0.25) is 4.99 Å². The van der Waals surface area contributed by atoms with Gasteiger partial charge in [-0.15, -0.1) is 0 Å². The summed E-state index contributed by atoms with van der Waals surface area (Å²) in [6.45, 7) is 12.9. The van der Waals surface area contributed by atoms with Crippen molar-refractivity contribution in [1.82, 2.24) is 20.4 Å². The van der Waals surface area contributed by atoms with Gasteiger partial charge in [-0.2, -0.15) is 0 Å². The SMILES string of the molecule is CCNC(=NCC(C)(C)CN(C)C)NC1CCN(C(=O)OCC)CC1. The monoisotopic (exact) mass is 355 g/mol. The lowest BCUT2D eigenvalue weighted by molar-refractivity contribution is 0.0963. The van der Waals surface area contributed by atoms with Crippen LogP contribution in [0.1, 0.15) is 40.5 Å². The van der Waals surface area contributed by atoms with Gasteiger partial charge in [0.1, 0.15) is 0 Å². The number of aliphatic imine (C=N–C) groups is 1. The van der Waals surface area contributed by atoms with Gasteiger partial charge in [0.05, 0.1) is 6.61 Å². The van der Waals surface area contributed by atoms with Crippen LogP contribution in [0.15, 0.2) is 4.99 Å². The lowest BCUT2D eigenvalue weighted by Gasteiger charge is -2.32. The molecule has 0 aliphatic carbocycles. The van der Waals surface area contributed by atoms with E-state index >= 15 is 0 Å². The minimum Gasteiger partial charge on any atom is -0.450 e. The maximum Gasteiger partial charge on any atom is 0.409 e. The van der Waals surface area contributed by atoms with Gasteiger partial charge in [0.25, 0.3) is 0 Å². The van der Waals surface area contributed by atoms with Crippen molar-refractivity contribution in [2.75, 3.05) is 53.4 Å². The molecule has 1 aliphatic rings. The number of likely N-dealkylation sites (tertiary alicyclic amines) is 1. The van der Waals surface area contributed by atoms with E-state index in [1.54, 1.807) is 4.90 Å². The minimum absolute atomic E-state index is 0.124. The molecular weight excluding hydrogens is 318 g/mol. The zero-order valence-electron chi connectivity index (χ0n) is 16.9. The van der Waals surface area contributed by atoms with Crippen LogP contribution in [0.2, 0.25) is 0 Å². The van der Waals surface area contributed by atoms with Gasteiger partial charge in [-0.1, -0.05) is 13.8 Å². The normalized spacial score (nSPS) is 16.9. The molecule has 0 saturated carbocycles. The maximum atomic E-state index is 11.8. The quantitative estimate of drug-likeness (QED) is 0.538. The number of hydrogen-bond acceptors (Lipinski definition) is 4. The van der Waals surface area contributed by atoms with Crippen LogP contribution in [-0.2, 0) is 4.74 Å². The number of nitrogens with one attached hydrogen (secondary N) is 2. The van der Waals surface area contributed by atoms with E-state index in [1.807, 2.05) is 6.92 Å². The van der Waals surface area contributed by atoms with E-state index in [0.717, 1.165) is 51.5 Å². The third kappa shape index (κ3) is 8.43. The highest BCUT2D eigenvalue weighted by Gasteiger charge is 2.24. The number of piperidine rings is 1. The van der Waals surface area contributed by atoms with Crippen molar-refractivity contribution in [3.8, 4) is 0 Å². The van der Waals surface area contributed by atoms with Crippen molar-refractivity contribution >= 4 is 12.1 Å². The van der Waals surface area contributed by atoms with E-state index in [9.17, 15) is 4.79 Å². The number of amides is 1. The van der Waals surface area contributed by atoms with Crippen LogP contribution >= 0.6 is 0 Å². The topological polar surface area (TPSA) is 69.2 Å². The summed E-state index contributed by atoms with van der Waals surface area (Å²) in [5, 5.41) is 6.85. The lowest BCUT2D eigenvalue weighted by atomic mass is 9.93. The molecule has 0 aromatic carbocycles. The highest BCUT2D eigenvalue weighted by molar-refractivity contribution is 5.80. The molecule has 25 heavy (non-hydrogen) atoms. The molecule has 1 saturated heterocycles. The highest BCUT2D eigenvalue weighted by Crippen LogP contribution is 2.16. The van der Waals surface area contributed by atoms with Gasteiger partial charge in [-0.25, -0.2) is 4.79 Å². The molecule has 7 heteroatoms. The van der Waals surface area contributed by atoms with Crippen molar-refractivity contribution in [2.24, 2.45) is 10.4 Å². The van der Waals surface area contributed by atoms with E-state index in [0.29, 0.717) is 12.6 Å². The Labute approximate surface area is 153 Å². The molecule has 7 nitrogen and oxygen atoms in total. The zero-order valence-corrected chi connectivity index (χ0v) is 16.9. The van der Waals surface area contributed by atoms with Crippen LogP contribution in [-0.4, -0.2) is 81.3 Å². The van der Waals surface area contributed by atoms with Crippen LogP contribution in [0.5, 0.6) is 0 Å². The van der Waals surface area contributed by atoms with E-state index in [1.165, 1.54) is 0 Å². The Balaban J connectivity index is 2.53. The summed E-state index contributed by atoms with van der Waals surface area (Å²) < 4.78 is 5.07. The molecule has 0 unspecified atom stereocenters. The molecule has 0 aromatic heterocycles. The fraction of sp³-hybridized carbons (Fsp3) is 0.889. The van der Waals surface area contributed by atoms with Crippen LogP contribution in [0.4, 0.5) is 4.79 Å². The van der Waals surface area contributed by atoms with Gasteiger partial charge in [-0.05, 0) is 46.2 Å². The van der Waals surface area contributed by atoms with E-state index in [-0.39, 0.29) is 11.5 Å². The van der Waals surface area contributed by atoms with Crippen molar-refractivity contribution in [3.05, 3.63) is 0 Å². The Morgan fingerprint density at radius 3 is 2.44 bits per heavy atom. The standard InChI is InChI=1S/C18H37N5O2/c1-7-19-16(20-13-18(3,4)14-22(5)6)21-15-9-11-23(12-10-15)17(24)25-8-2/h15H,7-14H2,1-6H3,(H2,19,20,21). The third-order valence-corrected chi connectivity index (χ3v) is 4.12. The first-order valence-electron chi connectivity index (χ1n) is 9.38. The second-order valence-corrected chi connectivity index (χ2v) is 7.70. The molecule has 0 aromatic rings. The van der Waals surface area contributed by atoms with Crippen molar-refractivity contribution < 1.29 is 9.53 Å². The Kier molecular flexibility index (Phi) is 9.03. The first-order valence-corrected chi connectivity index (χ1v) is 9.38. The summed E-state index contributed by atoms with van der Waals surface area (Å²) >= 11 is 0. The van der Waals surface area contributed by atoms with Crippen LogP contribution in [0.25, 0.3) is 0 Å². The molecule has 0 atom stereocenters. The molecule has 1 amide bonds. The van der Waals surface area contributed by atoms with Crippen molar-refractivity contribution in [3.63, 3.8) is 0 Å². The van der Waals surface area contributed by atoms with Crippen LogP contribution in [0, 0.1) is 5.41 Å². The number of rotatable bonds is 7. The Hall–Kier alpha value is -1.50. The summed E-state index contributed by atoms with van der Waals surface area (Å²) in [6, 6.07) is 0.334. The fourth-order valence-electron chi connectivity index (χ4n) is 3.13. The summed E-state index contributed by atoms with van der Waals surface area (Å²) in [6.07, 6.45) is 1.61. The second kappa shape index (κ2) is 10.5. The second-order valence-electron chi connectivity index (χ2n) is 7.70. The third-order valence-electron chi connectivity index (χ3n) is 4.12. The Morgan fingerprint density at radius 2 is 1.92 bits per heavy atom. The van der Waals surface area contributed by atoms with E-state index in [2.05, 4.69) is 50.4 Å². The summed E-state index contributed by atoms with van der Waals surface area (Å²) in [4.78, 5) is 20.5. The predicted octanol–water partition coefficient (Wildman–Crippen LogP) is 1.75. The number of carbonyl (C=O) groups excluding carboxylic acids is 1. The molecule has 1 aliphatic heterocycles. The van der Waals surface area contributed by atoms with Crippen LogP contribution in [0.3, 0.4) is 0 Å². The molecule has 0 bridgehead atoms. The van der Waals surface area contributed by atoms with Gasteiger partial charge in [0, 0.05) is 38.8 Å². The molecule has 1 heterocycles. The average Bonchev–Trinajstić information content (AvgIpc) is 2.52. The summed E-state index contributed by atoms with van der Waals surface area (Å²) in [7, 11) is 4.18. The molecular formula is C18H37N5O2. The van der Waals surface area contributed by atoms with Gasteiger partial charge >= 0.3 is 6.09 Å². The molecule has 0 spiro atoms. The number of carbonyl (C=O) groups is 1. The average molecular weight is 356 g/mol. The molecule has 1 rings (SSSR count). The van der Waals surface area contributed by atoms with E-state index < -0.39 is 0 Å². The Bertz CT molecular complexity index is 429. The smallest absolute Gasteiger partial charge is 0.409 e. The fourth-order valence-corrected chi connectivity index (χ4v) is 3.13. The first kappa shape index (κ1) is 21.5. The molecule has 1 fully saturated rings. The number of hydrogen-bond donors (Lipinski definition) is 2. The van der Waals surface area contributed by atoms with Crippen LogP contribution < -0.4 is 10.6 Å². The van der Waals surface area contributed by atoms with E-state index in [4.69, 9.17) is 9.73 Å². The first-order chi connectivity index (χ1) is 11.8. The Morgan fingerprint density at radius 1 is 1.28 bits per heavy atom. The largest absolute Gasteiger partial charge is 0.450 e. The summed E-state index contributed by atoms with van der Waals surface area (Å²) in [5.41, 5.74) is 0.124. The number of nitrogens with zero attached hydrogens (tertiary/aromatic N) is 3. The maximum absolute atomic E-state index is 11.8. The van der Waals surface area contributed by atoms with Gasteiger partial charge < -0.3 is 25.2 Å². The van der Waals surface area contributed by atoms with Crippen molar-refractivity contribution in [1.29, 1.82) is 0 Å². The molecule has 0 radical (unpaired) electrons. The molecule has 2 N–H and O–H groups in total. The zero-order chi connectivity index (χ0) is 18.9. The number of guanidine groups is 1. The number of ether oxygens (including phenoxy) is 1.